The Balaban J connectivity index is 0.00000242. The van der Waals surface area contributed by atoms with Crippen LogP contribution < -0.4 is 0 Å². The van der Waals surface area contributed by atoms with E-state index < -0.39 is 29.0 Å². The Morgan fingerprint density at radius 3 is 1.82 bits per heavy atom. The van der Waals surface area contributed by atoms with E-state index in [1.807, 2.05) is 0 Å². The third kappa shape index (κ3) is 3.10. The highest BCUT2D eigenvalue weighted by Gasteiger charge is 2.24. The molecular formula is C15H12O7. The van der Waals surface area contributed by atoms with Crippen LogP contribution in [0, 0.1) is 0 Å². The maximum absolute atomic E-state index is 11.4. The van der Waals surface area contributed by atoms with Crippen LogP contribution in [0.2, 0.25) is 0 Å². The minimum atomic E-state index is -1.49. The highest BCUT2D eigenvalue weighted by molar-refractivity contribution is 6.08. The molecule has 5 N–H and O–H groups in total. The number of benzene rings is 2. The minimum Gasteiger partial charge on any atom is -0.478 e. The first-order valence-electron chi connectivity index (χ1n) is 5.85. The zero-order valence-corrected chi connectivity index (χ0v) is 11.1. The van der Waals surface area contributed by atoms with Gasteiger partial charge < -0.3 is 20.8 Å². The van der Waals surface area contributed by atoms with E-state index in [-0.39, 0.29) is 16.6 Å². The van der Waals surface area contributed by atoms with Crippen molar-refractivity contribution in [3.63, 3.8) is 0 Å². The molecule has 0 spiro atoms. The molecule has 7 heteroatoms. The van der Waals surface area contributed by atoms with E-state index in [0.29, 0.717) is 5.56 Å². The molecule has 2 aromatic carbocycles. The van der Waals surface area contributed by atoms with Crippen molar-refractivity contribution in [1.82, 2.24) is 0 Å². The summed E-state index contributed by atoms with van der Waals surface area (Å²) in [5, 5.41) is 27.5. The summed E-state index contributed by atoms with van der Waals surface area (Å²) >= 11 is 0. The van der Waals surface area contributed by atoms with Gasteiger partial charge in [-0.1, -0.05) is 30.3 Å². The van der Waals surface area contributed by atoms with Gasteiger partial charge >= 0.3 is 17.9 Å². The molecule has 0 saturated carbocycles. The monoisotopic (exact) mass is 304 g/mol. The largest absolute Gasteiger partial charge is 0.478 e. The van der Waals surface area contributed by atoms with Gasteiger partial charge in [0, 0.05) is 0 Å². The van der Waals surface area contributed by atoms with Gasteiger partial charge in [-0.2, -0.15) is 0 Å². The maximum atomic E-state index is 11.4. The molecule has 0 heterocycles. The highest BCUT2D eigenvalue weighted by Crippen LogP contribution is 2.28. The van der Waals surface area contributed by atoms with Crippen LogP contribution in [-0.2, 0) is 0 Å². The quantitative estimate of drug-likeness (QED) is 0.783. The summed E-state index contributed by atoms with van der Waals surface area (Å²) in [5.41, 5.74) is -0.780. The van der Waals surface area contributed by atoms with E-state index in [1.54, 1.807) is 30.3 Å². The lowest BCUT2D eigenvalue weighted by atomic mass is 9.92. The molecule has 0 aliphatic rings. The third-order valence-corrected chi connectivity index (χ3v) is 2.91. The molecule has 0 bridgehead atoms. The van der Waals surface area contributed by atoms with Crippen molar-refractivity contribution in [3.8, 4) is 11.1 Å². The molecule has 7 nitrogen and oxygen atoms in total. The fourth-order valence-electron chi connectivity index (χ4n) is 2.01. The molecule has 0 amide bonds. The van der Waals surface area contributed by atoms with Gasteiger partial charge in [-0.05, 0) is 23.3 Å². The van der Waals surface area contributed by atoms with Crippen LogP contribution in [0.25, 0.3) is 11.1 Å². The van der Waals surface area contributed by atoms with Crippen molar-refractivity contribution in [2.45, 2.75) is 0 Å². The van der Waals surface area contributed by atoms with Crippen LogP contribution >= 0.6 is 0 Å². The lowest BCUT2D eigenvalue weighted by molar-refractivity contribution is 0.0650. The normalized spacial score (nSPS) is 9.64. The standard InChI is InChI=1S/C15H10O6.H2O/c16-13(17)9-6-10(8-4-2-1-3-5-8)12(15(20)21)11(7-9)14(18)19;/h1-7H,(H,16,17)(H,18,19)(H,20,21);1H2. The molecule has 0 aromatic heterocycles. The highest BCUT2D eigenvalue weighted by atomic mass is 16.4. The van der Waals surface area contributed by atoms with E-state index in [9.17, 15) is 19.5 Å². The molecule has 0 radical (unpaired) electrons. The van der Waals surface area contributed by atoms with Gasteiger partial charge in [0.25, 0.3) is 0 Å². The van der Waals surface area contributed by atoms with Crippen LogP contribution in [0.3, 0.4) is 0 Å². The number of carboxylic acid groups (broad SMARTS) is 3. The van der Waals surface area contributed by atoms with Crippen molar-refractivity contribution < 1.29 is 35.2 Å². The Morgan fingerprint density at radius 2 is 1.36 bits per heavy atom. The average molecular weight is 304 g/mol. The van der Waals surface area contributed by atoms with E-state index >= 15 is 0 Å². The van der Waals surface area contributed by atoms with Crippen molar-refractivity contribution in [2.24, 2.45) is 0 Å². The number of carboxylic acids is 3. The van der Waals surface area contributed by atoms with Gasteiger partial charge in [0.15, 0.2) is 0 Å². The van der Waals surface area contributed by atoms with Crippen molar-refractivity contribution >= 4 is 17.9 Å². The molecule has 2 aromatic rings. The number of hydrogen-bond donors (Lipinski definition) is 3. The van der Waals surface area contributed by atoms with Gasteiger partial charge in [0.1, 0.15) is 0 Å². The zero-order chi connectivity index (χ0) is 15.6. The minimum absolute atomic E-state index is 0. The molecule has 22 heavy (non-hydrogen) atoms. The predicted octanol–water partition coefficient (Wildman–Crippen LogP) is 1.62. The van der Waals surface area contributed by atoms with Crippen LogP contribution in [0.4, 0.5) is 0 Å². The second-order valence-corrected chi connectivity index (χ2v) is 4.23. The number of carbonyl (C=O) groups is 3. The van der Waals surface area contributed by atoms with Gasteiger partial charge in [0.05, 0.1) is 16.7 Å². The molecule has 0 atom stereocenters. The lowest BCUT2D eigenvalue weighted by Crippen LogP contribution is -2.12. The number of aromatic carboxylic acids is 3. The first-order chi connectivity index (χ1) is 9.91. The Morgan fingerprint density at radius 1 is 0.773 bits per heavy atom. The van der Waals surface area contributed by atoms with Crippen molar-refractivity contribution in [3.05, 3.63) is 59.2 Å². The van der Waals surface area contributed by atoms with Gasteiger partial charge in [-0.3, -0.25) is 0 Å². The van der Waals surface area contributed by atoms with Gasteiger partial charge in [-0.25, -0.2) is 14.4 Å². The molecular weight excluding hydrogens is 292 g/mol. The fraction of sp³-hybridized carbons (Fsp3) is 0. The van der Waals surface area contributed by atoms with Crippen LogP contribution in [-0.4, -0.2) is 38.7 Å². The van der Waals surface area contributed by atoms with Crippen LogP contribution in [0.5, 0.6) is 0 Å². The lowest BCUT2D eigenvalue weighted by Gasteiger charge is -2.11. The summed E-state index contributed by atoms with van der Waals surface area (Å²) < 4.78 is 0. The molecule has 2 rings (SSSR count). The topological polar surface area (TPSA) is 143 Å². The predicted molar refractivity (Wildman–Crippen MR) is 76.4 cm³/mol. The summed E-state index contributed by atoms with van der Waals surface area (Å²) in [4.78, 5) is 33.7. The summed E-state index contributed by atoms with van der Waals surface area (Å²) in [6, 6.07) is 10.2. The zero-order valence-electron chi connectivity index (χ0n) is 11.1. The molecule has 0 saturated heterocycles. The van der Waals surface area contributed by atoms with E-state index in [4.69, 9.17) is 10.2 Å². The van der Waals surface area contributed by atoms with E-state index in [1.165, 1.54) is 0 Å². The number of hydrogen-bond acceptors (Lipinski definition) is 3. The Hall–Kier alpha value is -3.19. The third-order valence-electron chi connectivity index (χ3n) is 2.91. The molecule has 0 aliphatic heterocycles. The second-order valence-electron chi connectivity index (χ2n) is 4.23. The Kier molecular flexibility index (Phi) is 4.99. The Bertz CT molecular complexity index is 735. The Labute approximate surface area is 124 Å². The first-order valence-corrected chi connectivity index (χ1v) is 5.85. The van der Waals surface area contributed by atoms with Crippen molar-refractivity contribution in [1.29, 1.82) is 0 Å². The average Bonchev–Trinajstić information content (AvgIpc) is 2.46. The second kappa shape index (κ2) is 6.51. The van der Waals surface area contributed by atoms with Crippen molar-refractivity contribution in [2.75, 3.05) is 0 Å². The summed E-state index contributed by atoms with van der Waals surface area (Å²) in [5.74, 6) is -4.25. The van der Waals surface area contributed by atoms with Crippen LogP contribution in [0.1, 0.15) is 31.1 Å². The summed E-state index contributed by atoms with van der Waals surface area (Å²) in [6.07, 6.45) is 0. The van der Waals surface area contributed by atoms with Gasteiger partial charge in [0.2, 0.25) is 0 Å². The van der Waals surface area contributed by atoms with Gasteiger partial charge in [-0.15, -0.1) is 0 Å². The smallest absolute Gasteiger partial charge is 0.337 e. The SMILES string of the molecule is O.O=C(O)c1cc(C(=O)O)c(C(=O)O)c(-c2ccccc2)c1. The maximum Gasteiger partial charge on any atom is 0.337 e. The fourth-order valence-corrected chi connectivity index (χ4v) is 2.01. The molecule has 0 fully saturated rings. The van der Waals surface area contributed by atoms with Crippen LogP contribution in [0.15, 0.2) is 42.5 Å². The molecule has 0 aliphatic carbocycles. The number of rotatable bonds is 4. The molecule has 0 unspecified atom stereocenters. The summed E-state index contributed by atoms with van der Waals surface area (Å²) in [6.45, 7) is 0. The van der Waals surface area contributed by atoms with E-state index in [0.717, 1.165) is 12.1 Å². The summed E-state index contributed by atoms with van der Waals surface area (Å²) in [7, 11) is 0. The molecule has 114 valence electrons. The van der Waals surface area contributed by atoms with E-state index in [2.05, 4.69) is 0 Å². The first kappa shape index (κ1) is 16.9.